The Labute approximate surface area is 105 Å². The molecule has 0 bridgehead atoms. The summed E-state index contributed by atoms with van der Waals surface area (Å²) in [6.45, 7) is 0. The van der Waals surface area contributed by atoms with Crippen LogP contribution in [0.2, 0.25) is 0 Å². The van der Waals surface area contributed by atoms with Gasteiger partial charge in [-0.05, 0) is 18.2 Å². The lowest BCUT2D eigenvalue weighted by atomic mass is 9.89. The standard InChI is InChI=1S/C11H9F3N4O/c12-11(13,14)10(9(15)19,18-7-1-4-17-18)8-2-5-16-6-3-8/h1-7H,(H2,15,19). The molecule has 1 unspecified atom stereocenters. The molecule has 2 aromatic rings. The molecule has 2 aromatic heterocycles. The highest BCUT2D eigenvalue weighted by Gasteiger charge is 2.63. The van der Waals surface area contributed by atoms with Crippen molar-refractivity contribution in [3.63, 3.8) is 0 Å². The number of halogens is 3. The van der Waals surface area contributed by atoms with Crippen LogP contribution in [0.15, 0.2) is 43.0 Å². The lowest BCUT2D eigenvalue weighted by Crippen LogP contribution is -2.58. The largest absolute Gasteiger partial charge is 0.427 e. The first-order chi connectivity index (χ1) is 8.90. The molecule has 0 spiro atoms. The molecular formula is C11H9F3N4O. The number of aromatic nitrogens is 3. The van der Waals surface area contributed by atoms with Crippen LogP contribution < -0.4 is 5.73 Å². The number of carbonyl (C=O) groups is 1. The van der Waals surface area contributed by atoms with Crippen LogP contribution in [0.4, 0.5) is 13.2 Å². The number of nitrogens with two attached hydrogens (primary N) is 1. The Kier molecular flexibility index (Phi) is 3.01. The van der Waals surface area contributed by atoms with E-state index in [1.54, 1.807) is 0 Å². The van der Waals surface area contributed by atoms with Gasteiger partial charge in [-0.2, -0.15) is 18.3 Å². The van der Waals surface area contributed by atoms with Gasteiger partial charge >= 0.3 is 6.18 Å². The molecule has 2 N–H and O–H groups in total. The lowest BCUT2D eigenvalue weighted by molar-refractivity contribution is -0.203. The summed E-state index contributed by atoms with van der Waals surface area (Å²) in [6.07, 6.45) is -0.444. The lowest BCUT2D eigenvalue weighted by Gasteiger charge is -2.33. The summed E-state index contributed by atoms with van der Waals surface area (Å²) in [5, 5.41) is 3.53. The van der Waals surface area contributed by atoms with E-state index < -0.39 is 17.6 Å². The molecule has 0 saturated carbocycles. The number of hydrogen-bond donors (Lipinski definition) is 1. The first-order valence-corrected chi connectivity index (χ1v) is 5.18. The molecule has 0 aliphatic heterocycles. The Morgan fingerprint density at radius 3 is 2.26 bits per heavy atom. The number of primary amides is 1. The molecule has 1 amide bonds. The first kappa shape index (κ1) is 13.1. The minimum absolute atomic E-state index is 0.341. The Hall–Kier alpha value is -2.38. The van der Waals surface area contributed by atoms with Gasteiger partial charge in [-0.25, -0.2) is 4.68 Å². The summed E-state index contributed by atoms with van der Waals surface area (Å²) < 4.78 is 41.0. The summed E-state index contributed by atoms with van der Waals surface area (Å²) in [6, 6.07) is 3.45. The van der Waals surface area contributed by atoms with Crippen LogP contribution in [-0.4, -0.2) is 26.8 Å². The average Bonchev–Trinajstić information content (AvgIpc) is 2.83. The van der Waals surface area contributed by atoms with E-state index in [2.05, 4.69) is 10.1 Å². The molecule has 8 heteroatoms. The van der Waals surface area contributed by atoms with Crippen molar-refractivity contribution in [3.8, 4) is 0 Å². The summed E-state index contributed by atoms with van der Waals surface area (Å²) in [5.41, 5.74) is 1.66. The van der Waals surface area contributed by atoms with E-state index in [4.69, 9.17) is 5.73 Å². The van der Waals surface area contributed by atoms with Crippen molar-refractivity contribution in [1.29, 1.82) is 0 Å². The predicted octanol–water partition coefficient (Wildman–Crippen LogP) is 1.07. The third kappa shape index (κ3) is 1.85. The molecule has 0 aliphatic carbocycles. The van der Waals surface area contributed by atoms with E-state index in [0.717, 1.165) is 36.9 Å². The van der Waals surface area contributed by atoms with Crippen LogP contribution in [0.25, 0.3) is 0 Å². The molecular weight excluding hydrogens is 261 g/mol. The topological polar surface area (TPSA) is 73.8 Å². The fraction of sp³-hybridized carbons (Fsp3) is 0.182. The second-order valence-corrected chi connectivity index (χ2v) is 3.76. The van der Waals surface area contributed by atoms with Gasteiger partial charge in [-0.1, -0.05) is 0 Å². The molecule has 0 aliphatic rings. The van der Waals surface area contributed by atoms with Gasteiger partial charge in [0.1, 0.15) is 0 Å². The molecule has 2 heterocycles. The normalized spacial score (nSPS) is 14.9. The van der Waals surface area contributed by atoms with Crippen LogP contribution in [0.5, 0.6) is 0 Å². The zero-order valence-electron chi connectivity index (χ0n) is 9.50. The molecule has 1 atom stereocenters. The van der Waals surface area contributed by atoms with Crippen LogP contribution >= 0.6 is 0 Å². The molecule has 2 rings (SSSR count). The van der Waals surface area contributed by atoms with Crippen LogP contribution in [0.3, 0.4) is 0 Å². The average molecular weight is 270 g/mol. The van der Waals surface area contributed by atoms with Crippen molar-refractivity contribution >= 4 is 5.91 Å². The summed E-state index contributed by atoms with van der Waals surface area (Å²) >= 11 is 0. The zero-order valence-corrected chi connectivity index (χ0v) is 9.50. The van der Waals surface area contributed by atoms with Gasteiger partial charge in [0.25, 0.3) is 11.4 Å². The Balaban J connectivity index is 2.79. The van der Waals surface area contributed by atoms with Crippen molar-refractivity contribution < 1.29 is 18.0 Å². The summed E-state index contributed by atoms with van der Waals surface area (Å²) in [7, 11) is 0. The third-order valence-electron chi connectivity index (χ3n) is 2.71. The molecule has 100 valence electrons. The van der Waals surface area contributed by atoms with Gasteiger partial charge in [0.15, 0.2) is 0 Å². The number of hydrogen-bond acceptors (Lipinski definition) is 3. The maximum Gasteiger partial charge on any atom is 0.427 e. The number of pyridine rings is 1. The van der Waals surface area contributed by atoms with E-state index in [0.29, 0.717) is 4.68 Å². The molecule has 19 heavy (non-hydrogen) atoms. The van der Waals surface area contributed by atoms with Crippen LogP contribution in [-0.2, 0) is 10.3 Å². The van der Waals surface area contributed by atoms with Crippen LogP contribution in [0, 0.1) is 0 Å². The van der Waals surface area contributed by atoms with Gasteiger partial charge in [-0.15, -0.1) is 0 Å². The van der Waals surface area contributed by atoms with Gasteiger partial charge in [0.2, 0.25) is 0 Å². The highest BCUT2D eigenvalue weighted by Crippen LogP contribution is 2.41. The molecule has 0 fully saturated rings. The minimum atomic E-state index is -4.94. The van der Waals surface area contributed by atoms with Gasteiger partial charge in [0.05, 0.1) is 0 Å². The van der Waals surface area contributed by atoms with Crippen molar-refractivity contribution in [2.75, 3.05) is 0 Å². The molecule has 0 aromatic carbocycles. The van der Waals surface area contributed by atoms with Crippen molar-refractivity contribution in [1.82, 2.24) is 14.8 Å². The number of nitrogens with zero attached hydrogens (tertiary/aromatic N) is 3. The van der Waals surface area contributed by atoms with E-state index in [-0.39, 0.29) is 5.56 Å². The second kappa shape index (κ2) is 4.38. The quantitative estimate of drug-likeness (QED) is 0.906. The number of rotatable bonds is 3. The zero-order chi connectivity index (χ0) is 14.1. The monoisotopic (exact) mass is 270 g/mol. The fourth-order valence-electron chi connectivity index (χ4n) is 1.88. The smallest absolute Gasteiger partial charge is 0.367 e. The maximum atomic E-state index is 13.5. The maximum absolute atomic E-state index is 13.5. The molecule has 5 nitrogen and oxygen atoms in total. The second-order valence-electron chi connectivity index (χ2n) is 3.76. The Bertz CT molecular complexity index is 567. The van der Waals surface area contributed by atoms with Gasteiger partial charge in [-0.3, -0.25) is 9.78 Å². The van der Waals surface area contributed by atoms with Gasteiger partial charge in [0, 0.05) is 30.4 Å². The highest BCUT2D eigenvalue weighted by molar-refractivity contribution is 5.87. The Morgan fingerprint density at radius 2 is 1.84 bits per heavy atom. The molecule has 0 saturated heterocycles. The van der Waals surface area contributed by atoms with Crippen molar-refractivity contribution in [3.05, 3.63) is 48.5 Å². The van der Waals surface area contributed by atoms with Crippen molar-refractivity contribution in [2.45, 2.75) is 11.7 Å². The summed E-state index contributed by atoms with van der Waals surface area (Å²) in [4.78, 5) is 15.2. The van der Waals surface area contributed by atoms with E-state index >= 15 is 0 Å². The highest BCUT2D eigenvalue weighted by atomic mass is 19.4. The van der Waals surface area contributed by atoms with E-state index in [1.165, 1.54) is 6.07 Å². The number of amides is 1. The Morgan fingerprint density at radius 1 is 1.21 bits per heavy atom. The van der Waals surface area contributed by atoms with Crippen molar-refractivity contribution in [2.24, 2.45) is 5.73 Å². The van der Waals surface area contributed by atoms with E-state index in [1.807, 2.05) is 0 Å². The minimum Gasteiger partial charge on any atom is -0.367 e. The van der Waals surface area contributed by atoms with E-state index in [9.17, 15) is 18.0 Å². The number of carbonyl (C=O) groups excluding carboxylic acids is 1. The SMILES string of the molecule is NC(=O)C(c1ccncc1)(n1cccn1)C(F)(F)F. The van der Waals surface area contributed by atoms with Crippen LogP contribution in [0.1, 0.15) is 5.56 Å². The first-order valence-electron chi connectivity index (χ1n) is 5.18. The van der Waals surface area contributed by atoms with Gasteiger partial charge < -0.3 is 5.73 Å². The summed E-state index contributed by atoms with van der Waals surface area (Å²) in [5.74, 6) is -1.56. The molecule has 0 radical (unpaired) electrons. The number of alkyl halides is 3. The third-order valence-corrected chi connectivity index (χ3v) is 2.71. The fourth-order valence-corrected chi connectivity index (χ4v) is 1.88. The predicted molar refractivity (Wildman–Crippen MR) is 58.8 cm³/mol.